The van der Waals surface area contributed by atoms with Gasteiger partial charge in [0.2, 0.25) is 0 Å². The Hall–Kier alpha value is -1.70. The molecule has 0 spiro atoms. The van der Waals surface area contributed by atoms with Crippen LogP contribution in [0.25, 0.3) is 11.5 Å². The van der Waals surface area contributed by atoms with Gasteiger partial charge in [0, 0.05) is 12.7 Å². The first kappa shape index (κ1) is 18.1. The second-order valence-electron chi connectivity index (χ2n) is 7.28. The van der Waals surface area contributed by atoms with E-state index >= 15 is 0 Å². The van der Waals surface area contributed by atoms with E-state index < -0.39 is 17.7 Å². The quantitative estimate of drug-likeness (QED) is 0.914. The molecular formula is C17H23F3N4O. The van der Waals surface area contributed by atoms with Crippen LogP contribution in [0.1, 0.15) is 44.3 Å². The molecule has 0 bridgehead atoms. The average molecular weight is 356 g/mol. The molecule has 25 heavy (non-hydrogen) atoms. The molecule has 1 unspecified atom stereocenters. The minimum Gasteiger partial charge on any atom is -0.380 e. The van der Waals surface area contributed by atoms with Crippen LogP contribution in [0, 0.1) is 25.7 Å². The third-order valence-electron chi connectivity index (χ3n) is 5.41. The van der Waals surface area contributed by atoms with Gasteiger partial charge in [-0.05, 0) is 58.3 Å². The summed E-state index contributed by atoms with van der Waals surface area (Å²) >= 11 is 0. The molecule has 0 amide bonds. The number of aliphatic hydroxyl groups is 1. The molecular weight excluding hydrogens is 333 g/mol. The van der Waals surface area contributed by atoms with Gasteiger partial charge in [-0.2, -0.15) is 13.2 Å². The number of fused-ring (bicyclic) bond motifs is 1. The molecule has 8 heteroatoms. The van der Waals surface area contributed by atoms with Crippen molar-refractivity contribution < 1.29 is 18.3 Å². The van der Waals surface area contributed by atoms with E-state index in [2.05, 4.69) is 15.0 Å². The Bertz CT molecular complexity index is 717. The maximum atomic E-state index is 13.0. The number of hydrogen-bond donors (Lipinski definition) is 1. The van der Waals surface area contributed by atoms with E-state index in [-0.39, 0.29) is 5.92 Å². The van der Waals surface area contributed by atoms with Gasteiger partial charge in [-0.3, -0.25) is 0 Å². The molecule has 1 aliphatic carbocycles. The Morgan fingerprint density at radius 3 is 2.36 bits per heavy atom. The van der Waals surface area contributed by atoms with Crippen molar-refractivity contribution in [2.24, 2.45) is 11.8 Å². The van der Waals surface area contributed by atoms with Gasteiger partial charge in [0.15, 0.2) is 11.4 Å². The lowest BCUT2D eigenvalue weighted by Gasteiger charge is -2.39. The standard InChI is InChI=1S/C17H23F3N4O/c1-10-21-14-9-24(11(2)23-15(14)22-10)8-12-4-6-13(7-5-12)16(3,25)17(18,19)20/h9,12-13,25H,4-8H2,1-3H3. The van der Waals surface area contributed by atoms with Crippen molar-refractivity contribution in [3.63, 3.8) is 0 Å². The number of hydrogen-bond acceptors (Lipinski definition) is 4. The molecule has 1 saturated carbocycles. The highest BCUT2D eigenvalue weighted by Crippen LogP contribution is 2.44. The summed E-state index contributed by atoms with van der Waals surface area (Å²) < 4.78 is 41.0. The zero-order valence-corrected chi connectivity index (χ0v) is 14.6. The number of alkyl halides is 3. The molecule has 1 N–H and O–H groups in total. The van der Waals surface area contributed by atoms with Crippen molar-refractivity contribution in [1.82, 2.24) is 19.5 Å². The predicted molar refractivity (Wildman–Crippen MR) is 86.0 cm³/mol. The highest BCUT2D eigenvalue weighted by Gasteiger charge is 2.54. The summed E-state index contributed by atoms with van der Waals surface area (Å²) in [6, 6.07) is 0. The number of halogens is 3. The van der Waals surface area contributed by atoms with Crippen LogP contribution in [-0.2, 0) is 6.54 Å². The maximum Gasteiger partial charge on any atom is 0.417 e. The lowest BCUT2D eigenvalue weighted by atomic mass is 9.74. The molecule has 0 aromatic rings. The van der Waals surface area contributed by atoms with Gasteiger partial charge in [-0.15, -0.1) is 0 Å². The van der Waals surface area contributed by atoms with Crippen molar-refractivity contribution >= 4 is 0 Å². The van der Waals surface area contributed by atoms with Crippen molar-refractivity contribution in [3.05, 3.63) is 17.8 Å². The van der Waals surface area contributed by atoms with Crippen LogP contribution in [0.4, 0.5) is 13.2 Å². The fourth-order valence-corrected chi connectivity index (χ4v) is 3.69. The fourth-order valence-electron chi connectivity index (χ4n) is 3.69. The summed E-state index contributed by atoms with van der Waals surface area (Å²) in [5.74, 6) is 1.65. The first-order chi connectivity index (χ1) is 11.6. The minimum absolute atomic E-state index is 0.271. The summed E-state index contributed by atoms with van der Waals surface area (Å²) in [4.78, 5) is 13.0. The van der Waals surface area contributed by atoms with Crippen LogP contribution in [0.5, 0.6) is 0 Å². The number of imidazole rings is 1. The van der Waals surface area contributed by atoms with Crippen molar-refractivity contribution in [1.29, 1.82) is 0 Å². The van der Waals surface area contributed by atoms with E-state index in [1.54, 1.807) is 0 Å². The largest absolute Gasteiger partial charge is 0.417 e. The van der Waals surface area contributed by atoms with E-state index in [1.165, 1.54) is 0 Å². The Labute approximate surface area is 144 Å². The first-order valence-corrected chi connectivity index (χ1v) is 8.55. The second kappa shape index (κ2) is 6.23. The zero-order chi connectivity index (χ0) is 18.4. The smallest absolute Gasteiger partial charge is 0.380 e. The maximum absolute atomic E-state index is 13.0. The first-order valence-electron chi connectivity index (χ1n) is 8.55. The van der Waals surface area contributed by atoms with Gasteiger partial charge in [-0.25, -0.2) is 15.0 Å². The molecule has 1 atom stereocenters. The molecule has 2 heterocycles. The second-order valence-corrected chi connectivity index (χ2v) is 7.28. The lowest BCUT2D eigenvalue weighted by molar-refractivity contribution is -0.275. The summed E-state index contributed by atoms with van der Waals surface area (Å²) in [6.45, 7) is 5.30. The Morgan fingerprint density at radius 1 is 1.12 bits per heavy atom. The van der Waals surface area contributed by atoms with Gasteiger partial charge < -0.3 is 9.67 Å². The molecule has 1 fully saturated rings. The van der Waals surface area contributed by atoms with Gasteiger partial charge in [-0.1, -0.05) is 0 Å². The van der Waals surface area contributed by atoms with Crippen molar-refractivity contribution in [3.8, 4) is 11.5 Å². The Balaban J connectivity index is 1.67. The molecule has 3 aliphatic rings. The Kier molecular flexibility index (Phi) is 4.51. The fraction of sp³-hybridized carbons (Fsp3) is 0.706. The van der Waals surface area contributed by atoms with Crippen molar-refractivity contribution in [2.45, 2.75) is 64.8 Å². The topological polar surface area (TPSA) is 63.8 Å². The van der Waals surface area contributed by atoms with E-state index in [9.17, 15) is 18.3 Å². The van der Waals surface area contributed by atoms with Crippen LogP contribution in [0.2, 0.25) is 0 Å². The van der Waals surface area contributed by atoms with Crippen LogP contribution in [-0.4, -0.2) is 36.4 Å². The SMILES string of the molecule is Cc1nc2cn(CC3CCC(C(C)(O)C(F)(F)F)CC3)c(C)nc-2n1. The highest BCUT2D eigenvalue weighted by atomic mass is 19.4. The zero-order valence-electron chi connectivity index (χ0n) is 14.6. The van der Waals surface area contributed by atoms with Gasteiger partial charge >= 0.3 is 6.18 Å². The van der Waals surface area contributed by atoms with Crippen LogP contribution in [0.15, 0.2) is 6.20 Å². The molecule has 3 rings (SSSR count). The third kappa shape index (κ3) is 3.49. The molecule has 0 aromatic heterocycles. The third-order valence-corrected chi connectivity index (χ3v) is 5.41. The molecule has 0 saturated heterocycles. The number of nitrogens with zero attached hydrogens (tertiary/aromatic N) is 4. The number of aryl methyl sites for hydroxylation is 2. The van der Waals surface area contributed by atoms with E-state index in [4.69, 9.17) is 0 Å². The van der Waals surface area contributed by atoms with Gasteiger partial charge in [0.25, 0.3) is 0 Å². The van der Waals surface area contributed by atoms with Crippen molar-refractivity contribution in [2.75, 3.05) is 0 Å². The van der Waals surface area contributed by atoms with Crippen LogP contribution in [0.3, 0.4) is 0 Å². The summed E-state index contributed by atoms with van der Waals surface area (Å²) in [5, 5.41) is 9.86. The van der Waals surface area contributed by atoms with Gasteiger partial charge in [0.1, 0.15) is 17.3 Å². The van der Waals surface area contributed by atoms with Gasteiger partial charge in [0.05, 0.1) is 0 Å². The molecule has 0 aromatic carbocycles. The highest BCUT2D eigenvalue weighted by molar-refractivity contribution is 5.49. The van der Waals surface area contributed by atoms with E-state index in [0.717, 1.165) is 18.4 Å². The molecule has 2 aliphatic heterocycles. The van der Waals surface area contributed by atoms with E-state index in [1.807, 2.05) is 24.6 Å². The summed E-state index contributed by atoms with van der Waals surface area (Å²) in [5.41, 5.74) is -1.87. The average Bonchev–Trinajstić information content (AvgIpc) is 2.86. The normalized spacial score (nSPS) is 24.4. The monoisotopic (exact) mass is 356 g/mol. The Morgan fingerprint density at radius 2 is 1.76 bits per heavy atom. The predicted octanol–water partition coefficient (Wildman–Crippen LogP) is 3.51. The van der Waals surface area contributed by atoms with E-state index in [0.29, 0.717) is 43.9 Å². The van der Waals surface area contributed by atoms with Crippen LogP contribution >= 0.6 is 0 Å². The summed E-state index contributed by atoms with van der Waals surface area (Å²) in [7, 11) is 0. The molecule has 5 nitrogen and oxygen atoms in total. The lowest BCUT2D eigenvalue weighted by Crippen LogP contribution is -2.49. The molecule has 0 radical (unpaired) electrons. The number of aromatic nitrogens is 4. The number of rotatable bonds is 3. The minimum atomic E-state index is -4.58. The molecule has 138 valence electrons. The summed E-state index contributed by atoms with van der Waals surface area (Å²) in [6.07, 6.45) is -0.599. The van der Waals surface area contributed by atoms with Crippen LogP contribution < -0.4 is 0 Å².